The Labute approximate surface area is 111 Å². The van der Waals surface area contributed by atoms with Gasteiger partial charge in [-0.1, -0.05) is 12.1 Å². The molecule has 3 rings (SSSR count). The van der Waals surface area contributed by atoms with E-state index in [4.69, 9.17) is 4.74 Å². The summed E-state index contributed by atoms with van der Waals surface area (Å²) in [6.45, 7) is 4.45. The Morgan fingerprint density at radius 2 is 2.16 bits per heavy atom. The van der Waals surface area contributed by atoms with Gasteiger partial charge in [0, 0.05) is 11.3 Å². The van der Waals surface area contributed by atoms with Gasteiger partial charge >= 0.3 is 0 Å². The molecule has 0 saturated heterocycles. The van der Waals surface area contributed by atoms with Gasteiger partial charge in [-0.25, -0.2) is 4.98 Å². The van der Waals surface area contributed by atoms with Crippen molar-refractivity contribution in [1.82, 2.24) is 9.97 Å². The molecule has 2 heterocycles. The molecule has 1 aliphatic rings. The highest BCUT2D eigenvalue weighted by Crippen LogP contribution is 2.34. The van der Waals surface area contributed by atoms with Crippen molar-refractivity contribution >= 4 is 0 Å². The molecule has 0 fully saturated rings. The molecule has 1 N–H and O–H groups in total. The van der Waals surface area contributed by atoms with Gasteiger partial charge < -0.3 is 9.72 Å². The summed E-state index contributed by atoms with van der Waals surface area (Å²) < 4.78 is 5.74. The molecule has 1 aromatic carbocycles. The van der Waals surface area contributed by atoms with Crippen LogP contribution in [-0.2, 0) is 6.42 Å². The number of para-hydroxylation sites is 1. The number of aryl methyl sites for hydroxylation is 3. The monoisotopic (exact) mass is 256 g/mol. The second kappa shape index (κ2) is 4.53. The Balaban J connectivity index is 2.23. The van der Waals surface area contributed by atoms with Crippen molar-refractivity contribution in [2.45, 2.75) is 26.7 Å². The molecule has 1 aliphatic heterocycles. The van der Waals surface area contributed by atoms with E-state index in [1.54, 1.807) is 0 Å². The Hall–Kier alpha value is -2.10. The van der Waals surface area contributed by atoms with Gasteiger partial charge in [0.25, 0.3) is 5.56 Å². The van der Waals surface area contributed by atoms with Crippen LogP contribution in [0.1, 0.15) is 23.4 Å². The highest BCUT2D eigenvalue weighted by molar-refractivity contribution is 5.69. The van der Waals surface area contributed by atoms with E-state index in [1.165, 1.54) is 0 Å². The lowest BCUT2D eigenvalue weighted by molar-refractivity contribution is 0.289. The summed E-state index contributed by atoms with van der Waals surface area (Å²) in [7, 11) is 0. The van der Waals surface area contributed by atoms with Crippen LogP contribution in [0.25, 0.3) is 11.3 Å². The maximum atomic E-state index is 12.1. The number of benzene rings is 1. The average Bonchev–Trinajstić information content (AvgIpc) is 2.42. The van der Waals surface area contributed by atoms with E-state index in [1.807, 2.05) is 32.0 Å². The van der Waals surface area contributed by atoms with Crippen LogP contribution in [0.5, 0.6) is 5.75 Å². The summed E-state index contributed by atoms with van der Waals surface area (Å²) in [6, 6.07) is 5.91. The zero-order valence-corrected chi connectivity index (χ0v) is 11.1. The standard InChI is InChI=1S/C15H16N2O2/c1-9-10(2)17-15(18)13(16-9)12-7-3-5-11-6-4-8-19-14(11)12/h3,5,7H,4,6,8H2,1-2H3,(H,17,18). The highest BCUT2D eigenvalue weighted by Gasteiger charge is 2.18. The SMILES string of the molecule is Cc1nc(-c2cccc3c2OCCC3)c(=O)[nH]c1C. The van der Waals surface area contributed by atoms with Gasteiger partial charge in [0.15, 0.2) is 0 Å². The molecule has 0 unspecified atom stereocenters. The van der Waals surface area contributed by atoms with Gasteiger partial charge in [-0.15, -0.1) is 0 Å². The van der Waals surface area contributed by atoms with E-state index in [0.717, 1.165) is 41.1 Å². The Bertz CT molecular complexity index is 689. The van der Waals surface area contributed by atoms with Crippen LogP contribution in [-0.4, -0.2) is 16.6 Å². The van der Waals surface area contributed by atoms with Crippen molar-refractivity contribution in [2.75, 3.05) is 6.61 Å². The van der Waals surface area contributed by atoms with E-state index < -0.39 is 0 Å². The average molecular weight is 256 g/mol. The molecule has 4 nitrogen and oxygen atoms in total. The quantitative estimate of drug-likeness (QED) is 0.852. The number of hydrogen-bond donors (Lipinski definition) is 1. The number of nitrogens with zero attached hydrogens (tertiary/aromatic N) is 1. The van der Waals surface area contributed by atoms with Gasteiger partial charge in [0.05, 0.1) is 12.3 Å². The predicted octanol–water partition coefficient (Wildman–Crippen LogP) is 2.38. The van der Waals surface area contributed by atoms with Gasteiger partial charge in [0.1, 0.15) is 11.4 Å². The summed E-state index contributed by atoms with van der Waals surface area (Å²) in [6.07, 6.45) is 2.01. The zero-order chi connectivity index (χ0) is 13.4. The summed E-state index contributed by atoms with van der Waals surface area (Å²) in [5.41, 5.74) is 3.87. The predicted molar refractivity (Wildman–Crippen MR) is 73.6 cm³/mol. The second-order valence-electron chi connectivity index (χ2n) is 4.87. The third kappa shape index (κ3) is 2.03. The van der Waals surface area contributed by atoms with Crippen LogP contribution in [0, 0.1) is 13.8 Å². The number of H-pyrrole nitrogens is 1. The maximum Gasteiger partial charge on any atom is 0.274 e. The van der Waals surface area contributed by atoms with Crippen LogP contribution in [0.4, 0.5) is 0 Å². The van der Waals surface area contributed by atoms with E-state index in [2.05, 4.69) is 9.97 Å². The molecular weight excluding hydrogens is 240 g/mol. The van der Waals surface area contributed by atoms with Crippen LogP contribution < -0.4 is 10.3 Å². The van der Waals surface area contributed by atoms with Gasteiger partial charge in [0.2, 0.25) is 0 Å². The van der Waals surface area contributed by atoms with Gasteiger partial charge in [-0.2, -0.15) is 0 Å². The molecule has 0 bridgehead atoms. The first-order valence-electron chi connectivity index (χ1n) is 6.49. The first kappa shape index (κ1) is 12.0. The number of hydrogen-bond acceptors (Lipinski definition) is 3. The first-order valence-corrected chi connectivity index (χ1v) is 6.49. The fourth-order valence-electron chi connectivity index (χ4n) is 2.38. The fraction of sp³-hybridized carbons (Fsp3) is 0.333. The second-order valence-corrected chi connectivity index (χ2v) is 4.87. The number of aromatic nitrogens is 2. The lowest BCUT2D eigenvalue weighted by Crippen LogP contribution is -2.16. The number of rotatable bonds is 1. The third-order valence-electron chi connectivity index (χ3n) is 3.53. The molecule has 0 radical (unpaired) electrons. The van der Waals surface area contributed by atoms with Crippen molar-refractivity contribution in [3.8, 4) is 17.0 Å². The number of ether oxygens (including phenoxy) is 1. The number of nitrogens with one attached hydrogen (secondary N) is 1. The molecule has 0 atom stereocenters. The van der Waals surface area contributed by atoms with Crippen molar-refractivity contribution in [1.29, 1.82) is 0 Å². The summed E-state index contributed by atoms with van der Waals surface area (Å²) >= 11 is 0. The minimum atomic E-state index is -0.161. The number of fused-ring (bicyclic) bond motifs is 1. The minimum Gasteiger partial charge on any atom is -0.493 e. The fourth-order valence-corrected chi connectivity index (χ4v) is 2.38. The smallest absolute Gasteiger partial charge is 0.274 e. The van der Waals surface area contributed by atoms with Crippen molar-refractivity contribution < 1.29 is 4.74 Å². The summed E-state index contributed by atoms with van der Waals surface area (Å²) in [5.74, 6) is 0.815. The van der Waals surface area contributed by atoms with E-state index in [9.17, 15) is 4.79 Å². The van der Waals surface area contributed by atoms with Gasteiger partial charge in [-0.3, -0.25) is 4.79 Å². The zero-order valence-electron chi connectivity index (χ0n) is 11.1. The largest absolute Gasteiger partial charge is 0.493 e. The Kier molecular flexibility index (Phi) is 2.85. The molecule has 0 amide bonds. The molecule has 0 aliphatic carbocycles. The maximum absolute atomic E-state index is 12.1. The molecule has 2 aromatic rings. The normalized spacial score (nSPS) is 13.8. The molecule has 4 heteroatoms. The lowest BCUT2D eigenvalue weighted by Gasteiger charge is -2.19. The highest BCUT2D eigenvalue weighted by atomic mass is 16.5. The van der Waals surface area contributed by atoms with E-state index in [-0.39, 0.29) is 5.56 Å². The lowest BCUT2D eigenvalue weighted by atomic mass is 10.0. The Morgan fingerprint density at radius 1 is 1.32 bits per heavy atom. The van der Waals surface area contributed by atoms with Crippen molar-refractivity contribution in [2.24, 2.45) is 0 Å². The molecule has 98 valence electrons. The van der Waals surface area contributed by atoms with E-state index in [0.29, 0.717) is 12.3 Å². The molecule has 1 aromatic heterocycles. The van der Waals surface area contributed by atoms with Crippen LogP contribution >= 0.6 is 0 Å². The first-order chi connectivity index (χ1) is 9.16. The summed E-state index contributed by atoms with van der Waals surface area (Å²) in [5, 5.41) is 0. The van der Waals surface area contributed by atoms with Crippen LogP contribution in [0.15, 0.2) is 23.0 Å². The van der Waals surface area contributed by atoms with Crippen molar-refractivity contribution in [3.05, 3.63) is 45.5 Å². The molecule has 0 spiro atoms. The summed E-state index contributed by atoms with van der Waals surface area (Å²) in [4.78, 5) is 19.4. The molecule has 19 heavy (non-hydrogen) atoms. The third-order valence-corrected chi connectivity index (χ3v) is 3.53. The minimum absolute atomic E-state index is 0.161. The van der Waals surface area contributed by atoms with Crippen LogP contribution in [0.2, 0.25) is 0 Å². The van der Waals surface area contributed by atoms with Crippen LogP contribution in [0.3, 0.4) is 0 Å². The number of aromatic amines is 1. The van der Waals surface area contributed by atoms with Crippen molar-refractivity contribution in [3.63, 3.8) is 0 Å². The Morgan fingerprint density at radius 3 is 3.00 bits per heavy atom. The molecular formula is C15H16N2O2. The molecule has 0 saturated carbocycles. The van der Waals surface area contributed by atoms with E-state index >= 15 is 0 Å². The topological polar surface area (TPSA) is 55.0 Å². The van der Waals surface area contributed by atoms with Gasteiger partial charge in [-0.05, 0) is 38.3 Å².